The van der Waals surface area contributed by atoms with Crippen LogP contribution in [-0.4, -0.2) is 9.97 Å². The van der Waals surface area contributed by atoms with Gasteiger partial charge < -0.3 is 10.2 Å². The van der Waals surface area contributed by atoms with E-state index in [1.54, 1.807) is 6.07 Å². The zero-order valence-electron chi connectivity index (χ0n) is 12.1. The molecule has 0 radical (unpaired) electrons. The molecule has 0 saturated carbocycles. The van der Waals surface area contributed by atoms with E-state index in [1.807, 2.05) is 19.1 Å². The Morgan fingerprint density at radius 3 is 2.45 bits per heavy atom. The highest BCUT2D eigenvalue weighted by molar-refractivity contribution is 5.39. The average Bonchev–Trinajstić information content (AvgIpc) is 2.47. The van der Waals surface area contributed by atoms with E-state index in [0.717, 1.165) is 12.2 Å². The molecule has 1 heterocycles. The number of aryl methyl sites for hydroxylation is 1. The van der Waals surface area contributed by atoms with Crippen molar-refractivity contribution < 1.29 is 4.74 Å². The number of nitrogen functional groups attached to an aromatic ring is 1. The van der Waals surface area contributed by atoms with Crippen LogP contribution in [0.3, 0.4) is 0 Å². The topological polar surface area (TPSA) is 73.1 Å². The summed E-state index contributed by atoms with van der Waals surface area (Å²) in [6.45, 7) is 6.30. The molecule has 0 fully saturated rings. The van der Waals surface area contributed by atoms with Crippen LogP contribution in [0.15, 0.2) is 30.3 Å². The molecule has 2 aromatic rings. The highest BCUT2D eigenvalue weighted by atomic mass is 16.5. The Hall–Kier alpha value is -2.14. The third-order valence-electron chi connectivity index (χ3n) is 2.98. The molecule has 20 heavy (non-hydrogen) atoms. The molecule has 0 atom stereocenters. The van der Waals surface area contributed by atoms with Gasteiger partial charge in [-0.3, -0.25) is 0 Å². The quantitative estimate of drug-likeness (QED) is 0.645. The van der Waals surface area contributed by atoms with Crippen LogP contribution in [0.5, 0.6) is 11.6 Å². The lowest BCUT2D eigenvalue weighted by molar-refractivity contribution is 0.459. The third-order valence-corrected chi connectivity index (χ3v) is 2.98. The average molecular weight is 272 g/mol. The van der Waals surface area contributed by atoms with Gasteiger partial charge in [0, 0.05) is 12.5 Å². The molecule has 0 aliphatic carbocycles. The summed E-state index contributed by atoms with van der Waals surface area (Å²) < 4.78 is 5.75. The molecule has 106 valence electrons. The molecule has 5 nitrogen and oxygen atoms in total. The van der Waals surface area contributed by atoms with Crippen molar-refractivity contribution in [1.29, 1.82) is 0 Å². The van der Waals surface area contributed by atoms with Crippen molar-refractivity contribution in [1.82, 2.24) is 9.97 Å². The monoisotopic (exact) mass is 272 g/mol. The van der Waals surface area contributed by atoms with Gasteiger partial charge in [0.25, 0.3) is 0 Å². The van der Waals surface area contributed by atoms with Crippen LogP contribution >= 0.6 is 0 Å². The second-order valence-corrected chi connectivity index (χ2v) is 4.83. The number of hydrazine groups is 1. The summed E-state index contributed by atoms with van der Waals surface area (Å²) in [7, 11) is 0. The Morgan fingerprint density at radius 1 is 1.20 bits per heavy atom. The van der Waals surface area contributed by atoms with E-state index in [9.17, 15) is 0 Å². The van der Waals surface area contributed by atoms with Gasteiger partial charge in [-0.1, -0.05) is 32.9 Å². The van der Waals surface area contributed by atoms with Crippen LogP contribution in [0.25, 0.3) is 0 Å². The first-order valence-corrected chi connectivity index (χ1v) is 6.74. The number of hydrogen-bond acceptors (Lipinski definition) is 5. The minimum Gasteiger partial charge on any atom is -0.439 e. The predicted octanol–water partition coefficient (Wildman–Crippen LogP) is 3.24. The molecule has 1 aromatic heterocycles. The van der Waals surface area contributed by atoms with Crippen LogP contribution in [0, 0.1) is 0 Å². The number of aromatic nitrogens is 2. The van der Waals surface area contributed by atoms with Gasteiger partial charge in [-0.15, -0.1) is 0 Å². The lowest BCUT2D eigenvalue weighted by Crippen LogP contribution is -2.10. The normalized spacial score (nSPS) is 10.7. The van der Waals surface area contributed by atoms with Gasteiger partial charge in [-0.2, -0.15) is 4.98 Å². The predicted molar refractivity (Wildman–Crippen MR) is 79.8 cm³/mol. The minimum absolute atomic E-state index is 0.488. The van der Waals surface area contributed by atoms with Gasteiger partial charge in [0.05, 0.1) is 0 Å². The molecule has 0 aliphatic rings. The molecule has 0 unspecified atom stereocenters. The number of rotatable bonds is 5. The highest BCUT2D eigenvalue weighted by Crippen LogP contribution is 2.24. The highest BCUT2D eigenvalue weighted by Gasteiger charge is 2.06. The smallest absolute Gasteiger partial charge is 0.224 e. The Kier molecular flexibility index (Phi) is 4.53. The number of ether oxygens (including phenoxy) is 1. The van der Waals surface area contributed by atoms with Crippen LogP contribution in [0.4, 0.5) is 5.82 Å². The zero-order valence-corrected chi connectivity index (χ0v) is 12.1. The fraction of sp³-hybridized carbons (Fsp3) is 0.333. The van der Waals surface area contributed by atoms with Crippen LogP contribution < -0.4 is 16.0 Å². The Morgan fingerprint density at radius 2 is 1.90 bits per heavy atom. The molecule has 0 spiro atoms. The molecular weight excluding hydrogens is 252 g/mol. The first kappa shape index (κ1) is 14.3. The second-order valence-electron chi connectivity index (χ2n) is 4.83. The molecule has 0 saturated heterocycles. The number of nitrogens with one attached hydrogen (secondary N) is 1. The maximum atomic E-state index is 5.75. The summed E-state index contributed by atoms with van der Waals surface area (Å²) in [4.78, 5) is 8.55. The van der Waals surface area contributed by atoms with Gasteiger partial charge in [0.2, 0.25) is 5.88 Å². The van der Waals surface area contributed by atoms with Crippen molar-refractivity contribution in [3.63, 3.8) is 0 Å². The maximum absolute atomic E-state index is 5.75. The van der Waals surface area contributed by atoms with Gasteiger partial charge in [0.1, 0.15) is 17.4 Å². The minimum atomic E-state index is 0.488. The van der Waals surface area contributed by atoms with Gasteiger partial charge in [0.15, 0.2) is 0 Å². The molecule has 3 N–H and O–H groups in total. The van der Waals surface area contributed by atoms with Crippen LogP contribution in [0.2, 0.25) is 0 Å². The first-order chi connectivity index (χ1) is 9.62. The van der Waals surface area contributed by atoms with Crippen molar-refractivity contribution in [2.75, 3.05) is 5.43 Å². The van der Waals surface area contributed by atoms with Crippen molar-refractivity contribution in [2.45, 2.75) is 33.1 Å². The Balaban J connectivity index is 2.20. The Labute approximate surface area is 119 Å². The van der Waals surface area contributed by atoms with E-state index in [0.29, 0.717) is 23.4 Å². The number of benzene rings is 1. The molecule has 0 aliphatic heterocycles. The van der Waals surface area contributed by atoms with E-state index in [2.05, 4.69) is 41.4 Å². The van der Waals surface area contributed by atoms with Gasteiger partial charge in [-0.25, -0.2) is 10.8 Å². The maximum Gasteiger partial charge on any atom is 0.224 e. The van der Waals surface area contributed by atoms with E-state index in [-0.39, 0.29) is 0 Å². The lowest BCUT2D eigenvalue weighted by atomic mass is 10.0. The van der Waals surface area contributed by atoms with E-state index < -0.39 is 0 Å². The number of hydrogen-bond donors (Lipinski definition) is 2. The summed E-state index contributed by atoms with van der Waals surface area (Å²) in [5.41, 5.74) is 3.80. The summed E-state index contributed by atoms with van der Waals surface area (Å²) in [6, 6.07) is 9.68. The molecule has 0 amide bonds. The SMILES string of the molecule is CCc1nc(NN)cc(Oc2ccc(C(C)C)cc2)n1. The van der Waals surface area contributed by atoms with Crippen LogP contribution in [-0.2, 0) is 6.42 Å². The standard InChI is InChI=1S/C15H20N4O/c1-4-13-17-14(19-16)9-15(18-13)20-12-7-5-11(6-8-12)10(2)3/h5-10H,4,16H2,1-3H3,(H,17,18,19). The van der Waals surface area contributed by atoms with E-state index >= 15 is 0 Å². The summed E-state index contributed by atoms with van der Waals surface area (Å²) in [5, 5.41) is 0. The second kappa shape index (κ2) is 6.34. The largest absolute Gasteiger partial charge is 0.439 e. The zero-order chi connectivity index (χ0) is 14.5. The van der Waals surface area contributed by atoms with Crippen molar-refractivity contribution in [2.24, 2.45) is 5.84 Å². The van der Waals surface area contributed by atoms with Crippen LogP contribution in [0.1, 0.15) is 38.1 Å². The lowest BCUT2D eigenvalue weighted by Gasteiger charge is -2.10. The van der Waals surface area contributed by atoms with E-state index in [1.165, 1.54) is 5.56 Å². The summed E-state index contributed by atoms with van der Waals surface area (Å²) in [6.07, 6.45) is 0.720. The number of nitrogens with two attached hydrogens (primary N) is 1. The third kappa shape index (κ3) is 3.45. The van der Waals surface area contributed by atoms with Gasteiger partial charge in [-0.05, 0) is 23.6 Å². The summed E-state index contributed by atoms with van der Waals surface area (Å²) in [5.74, 6) is 8.37. The van der Waals surface area contributed by atoms with Crippen molar-refractivity contribution in [3.05, 3.63) is 41.7 Å². The fourth-order valence-electron chi connectivity index (χ4n) is 1.80. The van der Waals surface area contributed by atoms with Crippen molar-refractivity contribution >= 4 is 5.82 Å². The molecule has 5 heteroatoms. The summed E-state index contributed by atoms with van der Waals surface area (Å²) >= 11 is 0. The van der Waals surface area contributed by atoms with Crippen molar-refractivity contribution in [3.8, 4) is 11.6 Å². The van der Waals surface area contributed by atoms with Gasteiger partial charge >= 0.3 is 0 Å². The molecule has 1 aromatic carbocycles. The molecule has 0 bridgehead atoms. The fourth-order valence-corrected chi connectivity index (χ4v) is 1.80. The van der Waals surface area contributed by atoms with E-state index in [4.69, 9.17) is 10.6 Å². The number of nitrogens with zero attached hydrogens (tertiary/aromatic N) is 2. The molecular formula is C15H20N4O. The number of anilines is 1. The first-order valence-electron chi connectivity index (χ1n) is 6.74. The molecule has 2 rings (SSSR count). The Bertz CT molecular complexity index is 544.